The summed E-state index contributed by atoms with van der Waals surface area (Å²) in [6.45, 7) is 0. The van der Waals surface area contributed by atoms with Crippen LogP contribution in [0.15, 0.2) is 88.8 Å². The number of aliphatic imine (C=N–C) groups is 1. The fourth-order valence-electron chi connectivity index (χ4n) is 2.64. The van der Waals surface area contributed by atoms with Crippen molar-refractivity contribution in [1.29, 1.82) is 0 Å². The van der Waals surface area contributed by atoms with Crippen molar-refractivity contribution < 1.29 is 18.7 Å². The van der Waals surface area contributed by atoms with Gasteiger partial charge in [0.2, 0.25) is 0 Å². The van der Waals surface area contributed by atoms with Crippen molar-refractivity contribution in [2.75, 3.05) is 0 Å². The van der Waals surface area contributed by atoms with Crippen molar-refractivity contribution in [2.24, 2.45) is 4.99 Å². The van der Waals surface area contributed by atoms with Crippen LogP contribution in [-0.2, 0) is 4.79 Å². The van der Waals surface area contributed by atoms with Crippen molar-refractivity contribution in [3.8, 4) is 5.75 Å². The molecule has 1 heterocycles. The quantitative estimate of drug-likeness (QED) is 0.370. The first-order chi connectivity index (χ1) is 14.6. The Bertz CT molecular complexity index is 1140. The third kappa shape index (κ3) is 4.82. The first-order valence-corrected chi connectivity index (χ1v) is 9.81. The predicted octanol–water partition coefficient (Wildman–Crippen LogP) is 4.94. The summed E-state index contributed by atoms with van der Waals surface area (Å²) in [5, 5.41) is 3.26. The number of para-hydroxylation sites is 1. The lowest BCUT2D eigenvalue weighted by atomic mass is 10.2. The highest BCUT2D eigenvalue weighted by Crippen LogP contribution is 2.28. The summed E-state index contributed by atoms with van der Waals surface area (Å²) < 4.78 is 18.2. The van der Waals surface area contributed by atoms with E-state index in [1.54, 1.807) is 30.3 Å². The van der Waals surface area contributed by atoms with E-state index in [2.05, 4.69) is 10.3 Å². The zero-order valence-electron chi connectivity index (χ0n) is 15.5. The van der Waals surface area contributed by atoms with Gasteiger partial charge in [-0.2, -0.15) is 0 Å². The van der Waals surface area contributed by atoms with Crippen molar-refractivity contribution in [3.05, 3.63) is 101 Å². The van der Waals surface area contributed by atoms with E-state index in [1.165, 1.54) is 36.0 Å². The van der Waals surface area contributed by atoms with Gasteiger partial charge in [0, 0.05) is 0 Å². The van der Waals surface area contributed by atoms with Gasteiger partial charge in [0.25, 0.3) is 5.91 Å². The van der Waals surface area contributed by atoms with Crippen molar-refractivity contribution in [2.45, 2.75) is 0 Å². The van der Waals surface area contributed by atoms with Crippen LogP contribution in [0.1, 0.15) is 15.9 Å². The van der Waals surface area contributed by atoms with Crippen LogP contribution in [0, 0.1) is 5.82 Å². The molecule has 1 aliphatic rings. The fraction of sp³-hybridized carbons (Fsp3) is 0. The number of carbonyl (C=O) groups excluding carboxylic acids is 2. The molecule has 3 aromatic carbocycles. The zero-order valence-corrected chi connectivity index (χ0v) is 16.4. The Labute approximate surface area is 176 Å². The van der Waals surface area contributed by atoms with E-state index in [1.807, 2.05) is 30.3 Å². The van der Waals surface area contributed by atoms with Gasteiger partial charge in [-0.25, -0.2) is 14.2 Å². The van der Waals surface area contributed by atoms with E-state index in [9.17, 15) is 14.0 Å². The maximum atomic E-state index is 13.0. The molecule has 0 atom stereocenters. The molecule has 3 aromatic rings. The highest BCUT2D eigenvalue weighted by atomic mass is 32.2. The van der Waals surface area contributed by atoms with Gasteiger partial charge in [0.1, 0.15) is 11.6 Å². The maximum absolute atomic E-state index is 13.0. The second kappa shape index (κ2) is 8.75. The topological polar surface area (TPSA) is 67.8 Å². The molecule has 1 fully saturated rings. The first kappa shape index (κ1) is 19.6. The number of nitrogens with one attached hydrogen (secondary N) is 1. The Morgan fingerprint density at radius 1 is 0.967 bits per heavy atom. The molecule has 0 radical (unpaired) electrons. The maximum Gasteiger partial charge on any atom is 0.343 e. The summed E-state index contributed by atoms with van der Waals surface area (Å²) >= 11 is 1.26. The Kier molecular flexibility index (Phi) is 5.72. The number of carbonyl (C=O) groups is 2. The average Bonchev–Trinajstić information content (AvgIpc) is 3.09. The van der Waals surface area contributed by atoms with Gasteiger partial charge in [0.05, 0.1) is 16.2 Å². The predicted molar refractivity (Wildman–Crippen MR) is 115 cm³/mol. The van der Waals surface area contributed by atoms with Crippen LogP contribution in [0.5, 0.6) is 5.75 Å². The first-order valence-electron chi connectivity index (χ1n) is 8.99. The van der Waals surface area contributed by atoms with Gasteiger partial charge in [-0.1, -0.05) is 30.3 Å². The van der Waals surface area contributed by atoms with Crippen LogP contribution in [0.25, 0.3) is 6.08 Å². The summed E-state index contributed by atoms with van der Waals surface area (Å²) in [5.74, 6) is -0.869. The van der Waals surface area contributed by atoms with E-state index in [0.29, 0.717) is 15.8 Å². The third-order valence-corrected chi connectivity index (χ3v) is 5.02. The molecule has 0 aliphatic carbocycles. The van der Waals surface area contributed by atoms with E-state index in [-0.39, 0.29) is 11.5 Å². The molecule has 1 aliphatic heterocycles. The smallest absolute Gasteiger partial charge is 0.343 e. The summed E-state index contributed by atoms with van der Waals surface area (Å²) in [5.41, 5.74) is 1.79. The largest absolute Gasteiger partial charge is 0.423 e. The molecule has 5 nitrogen and oxygen atoms in total. The minimum absolute atomic E-state index is 0.221. The Balaban J connectivity index is 1.43. The molecule has 4 rings (SSSR count). The zero-order chi connectivity index (χ0) is 20.9. The van der Waals surface area contributed by atoms with E-state index in [4.69, 9.17) is 4.74 Å². The Morgan fingerprint density at radius 2 is 1.67 bits per heavy atom. The number of hydrogen-bond donors (Lipinski definition) is 1. The van der Waals surface area contributed by atoms with Crippen molar-refractivity contribution in [1.82, 2.24) is 5.32 Å². The third-order valence-electron chi connectivity index (χ3n) is 4.11. The average molecular weight is 418 g/mol. The Hall–Kier alpha value is -3.71. The standard InChI is InChI=1S/C23H15FN2O3S/c24-17-10-8-16(9-11-17)22(28)29-19-12-6-15(7-13-19)14-20-21(27)26-23(30-20)25-18-4-2-1-3-5-18/h1-14H,(H,25,26,27). The highest BCUT2D eigenvalue weighted by Gasteiger charge is 2.23. The second-order valence-corrected chi connectivity index (χ2v) is 7.31. The number of amides is 1. The lowest BCUT2D eigenvalue weighted by molar-refractivity contribution is -0.115. The number of nitrogens with zero attached hydrogens (tertiary/aromatic N) is 1. The van der Waals surface area contributed by atoms with Gasteiger partial charge in [-0.15, -0.1) is 0 Å². The number of rotatable bonds is 4. The van der Waals surface area contributed by atoms with Crippen LogP contribution in [-0.4, -0.2) is 17.0 Å². The number of esters is 1. The molecular weight excluding hydrogens is 403 g/mol. The normalized spacial score (nSPS) is 16.0. The van der Waals surface area contributed by atoms with Crippen LogP contribution >= 0.6 is 11.8 Å². The molecule has 7 heteroatoms. The number of benzene rings is 3. The molecule has 30 heavy (non-hydrogen) atoms. The number of hydrogen-bond acceptors (Lipinski definition) is 5. The molecule has 0 bridgehead atoms. The minimum Gasteiger partial charge on any atom is -0.423 e. The lowest BCUT2D eigenvalue weighted by Crippen LogP contribution is -2.19. The van der Waals surface area contributed by atoms with Crippen LogP contribution in [0.4, 0.5) is 10.1 Å². The van der Waals surface area contributed by atoms with Crippen LogP contribution < -0.4 is 10.1 Å². The SMILES string of the molecule is O=C1NC(=Nc2ccccc2)SC1=Cc1ccc(OC(=O)c2ccc(F)cc2)cc1. The number of halogens is 1. The monoisotopic (exact) mass is 418 g/mol. The summed E-state index contributed by atoms with van der Waals surface area (Å²) in [6.07, 6.45) is 1.74. The molecular formula is C23H15FN2O3S. The fourth-order valence-corrected chi connectivity index (χ4v) is 3.48. The molecule has 0 saturated carbocycles. The molecule has 0 unspecified atom stereocenters. The molecule has 1 N–H and O–H groups in total. The second-order valence-electron chi connectivity index (χ2n) is 6.28. The number of ether oxygens (including phenoxy) is 1. The van der Waals surface area contributed by atoms with Crippen molar-refractivity contribution in [3.63, 3.8) is 0 Å². The van der Waals surface area contributed by atoms with Gasteiger partial charge in [-0.3, -0.25) is 4.79 Å². The van der Waals surface area contributed by atoms with Crippen molar-refractivity contribution >= 4 is 40.6 Å². The van der Waals surface area contributed by atoms with Gasteiger partial charge < -0.3 is 10.1 Å². The molecule has 1 saturated heterocycles. The lowest BCUT2D eigenvalue weighted by Gasteiger charge is -2.05. The highest BCUT2D eigenvalue weighted by molar-refractivity contribution is 8.18. The van der Waals surface area contributed by atoms with E-state index in [0.717, 1.165) is 11.3 Å². The number of amidine groups is 1. The molecule has 148 valence electrons. The van der Waals surface area contributed by atoms with E-state index >= 15 is 0 Å². The summed E-state index contributed by atoms with van der Waals surface area (Å²) in [7, 11) is 0. The minimum atomic E-state index is -0.575. The molecule has 0 aromatic heterocycles. The Morgan fingerprint density at radius 3 is 2.37 bits per heavy atom. The van der Waals surface area contributed by atoms with Gasteiger partial charge in [0.15, 0.2) is 5.17 Å². The van der Waals surface area contributed by atoms with E-state index < -0.39 is 11.8 Å². The summed E-state index contributed by atoms with van der Waals surface area (Å²) in [6, 6.07) is 21.2. The van der Waals surface area contributed by atoms with Crippen LogP contribution in [0.2, 0.25) is 0 Å². The van der Waals surface area contributed by atoms with Gasteiger partial charge >= 0.3 is 5.97 Å². The van der Waals surface area contributed by atoms with Crippen LogP contribution in [0.3, 0.4) is 0 Å². The molecule has 0 spiro atoms. The molecule has 1 amide bonds. The summed E-state index contributed by atoms with van der Waals surface area (Å²) in [4.78, 5) is 29.2. The van der Waals surface area contributed by atoms with Gasteiger partial charge in [-0.05, 0) is 71.9 Å². The number of thioether (sulfide) groups is 1.